The van der Waals surface area contributed by atoms with Gasteiger partial charge in [-0.2, -0.15) is 0 Å². The third-order valence-electron chi connectivity index (χ3n) is 3.60. The quantitative estimate of drug-likeness (QED) is 0.868. The minimum absolute atomic E-state index is 0.343. The third kappa shape index (κ3) is 3.59. The van der Waals surface area contributed by atoms with E-state index in [0.29, 0.717) is 15.9 Å². The molecule has 0 saturated carbocycles. The number of piperidine rings is 1. The molecule has 104 valence electrons. The van der Waals surface area contributed by atoms with Gasteiger partial charge in [0.15, 0.2) is 0 Å². The average molecular weight is 299 g/mol. The van der Waals surface area contributed by atoms with Crippen LogP contribution >= 0.6 is 23.8 Å². The second-order valence-corrected chi connectivity index (χ2v) is 5.76. The molecular formula is C14H19ClN2OS. The van der Waals surface area contributed by atoms with E-state index in [2.05, 4.69) is 4.90 Å². The highest BCUT2D eigenvalue weighted by atomic mass is 35.5. The normalized spacial score (nSPS) is 16.6. The topological polar surface area (TPSA) is 38.5 Å². The minimum atomic E-state index is 0.343. The van der Waals surface area contributed by atoms with Crippen molar-refractivity contribution in [3.63, 3.8) is 0 Å². The van der Waals surface area contributed by atoms with Crippen molar-refractivity contribution in [2.24, 2.45) is 11.7 Å². The molecule has 1 aromatic rings. The van der Waals surface area contributed by atoms with E-state index in [0.717, 1.165) is 43.8 Å². The van der Waals surface area contributed by atoms with Crippen LogP contribution in [0.5, 0.6) is 0 Å². The number of hydrogen-bond donors (Lipinski definition) is 1. The largest absolute Gasteiger partial charge is 0.389 e. The zero-order chi connectivity index (χ0) is 13.8. The Bertz CT molecular complexity index is 459. The summed E-state index contributed by atoms with van der Waals surface area (Å²) < 4.78 is 5.22. The Morgan fingerprint density at radius 1 is 1.47 bits per heavy atom. The average Bonchev–Trinajstić information content (AvgIpc) is 2.39. The molecule has 0 amide bonds. The van der Waals surface area contributed by atoms with E-state index in [-0.39, 0.29) is 0 Å². The van der Waals surface area contributed by atoms with Gasteiger partial charge in [0.2, 0.25) is 0 Å². The van der Waals surface area contributed by atoms with Crippen LogP contribution in [0.25, 0.3) is 0 Å². The molecular weight excluding hydrogens is 280 g/mol. The summed E-state index contributed by atoms with van der Waals surface area (Å²) in [5.41, 5.74) is 7.50. The van der Waals surface area contributed by atoms with E-state index in [1.807, 2.05) is 18.2 Å². The summed E-state index contributed by atoms with van der Waals surface area (Å²) in [6.45, 7) is 2.93. The first-order chi connectivity index (χ1) is 9.11. The maximum atomic E-state index is 6.21. The Labute approximate surface area is 124 Å². The van der Waals surface area contributed by atoms with Gasteiger partial charge in [-0.25, -0.2) is 0 Å². The van der Waals surface area contributed by atoms with Gasteiger partial charge < -0.3 is 15.4 Å². The van der Waals surface area contributed by atoms with E-state index in [1.165, 1.54) is 0 Å². The summed E-state index contributed by atoms with van der Waals surface area (Å²) in [7, 11) is 1.76. The number of hydrogen-bond acceptors (Lipinski definition) is 3. The Hall–Kier alpha value is -0.840. The van der Waals surface area contributed by atoms with Crippen LogP contribution < -0.4 is 10.6 Å². The lowest BCUT2D eigenvalue weighted by Crippen LogP contribution is -2.35. The second-order valence-electron chi connectivity index (χ2n) is 4.91. The molecule has 1 aliphatic heterocycles. The number of nitrogens with zero attached hydrogens (tertiary/aromatic N) is 1. The molecule has 0 radical (unpaired) electrons. The Morgan fingerprint density at radius 2 is 2.16 bits per heavy atom. The van der Waals surface area contributed by atoms with Crippen LogP contribution in [0.15, 0.2) is 18.2 Å². The highest BCUT2D eigenvalue weighted by Crippen LogP contribution is 2.27. The molecule has 1 aliphatic rings. The maximum absolute atomic E-state index is 6.21. The molecule has 1 heterocycles. The molecule has 3 nitrogen and oxygen atoms in total. The summed E-state index contributed by atoms with van der Waals surface area (Å²) in [5.74, 6) is 0.674. The van der Waals surface area contributed by atoms with Crippen molar-refractivity contribution in [1.29, 1.82) is 0 Å². The van der Waals surface area contributed by atoms with Gasteiger partial charge in [0.1, 0.15) is 4.99 Å². The Kier molecular flexibility index (Phi) is 5.02. The van der Waals surface area contributed by atoms with Gasteiger partial charge in [-0.15, -0.1) is 0 Å². The number of anilines is 1. The predicted molar refractivity (Wildman–Crippen MR) is 84.2 cm³/mol. The van der Waals surface area contributed by atoms with Crippen molar-refractivity contribution in [2.45, 2.75) is 12.8 Å². The van der Waals surface area contributed by atoms with Crippen molar-refractivity contribution < 1.29 is 4.74 Å². The molecule has 19 heavy (non-hydrogen) atoms. The SMILES string of the molecule is COCC1CCN(c2ccc(C(N)=S)c(Cl)c2)CC1. The van der Waals surface area contributed by atoms with Gasteiger partial charge in [-0.3, -0.25) is 0 Å². The molecule has 2 rings (SSSR count). The molecule has 2 N–H and O–H groups in total. The number of nitrogens with two attached hydrogens (primary N) is 1. The fourth-order valence-electron chi connectivity index (χ4n) is 2.49. The zero-order valence-corrected chi connectivity index (χ0v) is 12.6. The lowest BCUT2D eigenvalue weighted by Gasteiger charge is -2.33. The first-order valence-corrected chi connectivity index (χ1v) is 7.23. The number of methoxy groups -OCH3 is 1. The first-order valence-electron chi connectivity index (χ1n) is 6.45. The first kappa shape index (κ1) is 14.6. The Morgan fingerprint density at radius 3 is 2.68 bits per heavy atom. The summed E-state index contributed by atoms with van der Waals surface area (Å²) in [4.78, 5) is 2.69. The standard InChI is InChI=1S/C14H19ClN2OS/c1-18-9-10-4-6-17(7-5-10)11-2-3-12(14(16)19)13(15)8-11/h2-3,8,10H,4-7,9H2,1H3,(H2,16,19). The highest BCUT2D eigenvalue weighted by Gasteiger charge is 2.19. The molecule has 0 unspecified atom stereocenters. The van der Waals surface area contributed by atoms with Gasteiger partial charge >= 0.3 is 0 Å². The lowest BCUT2D eigenvalue weighted by molar-refractivity contribution is 0.139. The predicted octanol–water partition coefficient (Wildman–Crippen LogP) is 2.84. The maximum Gasteiger partial charge on any atom is 0.105 e. The fourth-order valence-corrected chi connectivity index (χ4v) is 3.00. The van der Waals surface area contributed by atoms with E-state index in [4.69, 9.17) is 34.3 Å². The van der Waals surface area contributed by atoms with E-state index in [1.54, 1.807) is 7.11 Å². The molecule has 0 spiro atoms. The monoisotopic (exact) mass is 298 g/mol. The number of ether oxygens (including phenoxy) is 1. The number of thiocarbonyl (C=S) groups is 1. The highest BCUT2D eigenvalue weighted by molar-refractivity contribution is 7.80. The summed E-state index contributed by atoms with van der Waals surface area (Å²) in [5, 5.41) is 0.629. The van der Waals surface area contributed by atoms with Gasteiger partial charge in [0.25, 0.3) is 0 Å². The third-order valence-corrected chi connectivity index (χ3v) is 4.13. The van der Waals surface area contributed by atoms with Gasteiger partial charge in [-0.05, 0) is 37.0 Å². The number of rotatable bonds is 4. The fraction of sp³-hybridized carbons (Fsp3) is 0.500. The lowest BCUT2D eigenvalue weighted by atomic mass is 9.97. The van der Waals surface area contributed by atoms with Crippen LogP contribution in [-0.2, 0) is 4.74 Å². The van der Waals surface area contributed by atoms with Crippen molar-refractivity contribution in [2.75, 3.05) is 31.7 Å². The molecule has 0 bridgehead atoms. The summed E-state index contributed by atoms with van der Waals surface area (Å²) in [6, 6.07) is 5.89. The summed E-state index contributed by atoms with van der Waals surface area (Å²) in [6.07, 6.45) is 2.31. The number of halogens is 1. The molecule has 0 atom stereocenters. The minimum Gasteiger partial charge on any atom is -0.389 e. The van der Waals surface area contributed by atoms with Gasteiger partial charge in [-0.1, -0.05) is 23.8 Å². The molecule has 1 aromatic carbocycles. The molecule has 0 aliphatic carbocycles. The van der Waals surface area contributed by atoms with Gasteiger partial charge in [0, 0.05) is 38.1 Å². The number of benzene rings is 1. The van der Waals surface area contributed by atoms with Crippen molar-refractivity contribution in [1.82, 2.24) is 0 Å². The molecule has 0 aromatic heterocycles. The van der Waals surface area contributed by atoms with Crippen molar-refractivity contribution in [3.8, 4) is 0 Å². The van der Waals surface area contributed by atoms with E-state index < -0.39 is 0 Å². The van der Waals surface area contributed by atoms with E-state index in [9.17, 15) is 0 Å². The van der Waals surface area contributed by atoms with Crippen LogP contribution in [-0.4, -0.2) is 31.8 Å². The van der Waals surface area contributed by atoms with Crippen molar-refractivity contribution >= 4 is 34.5 Å². The van der Waals surface area contributed by atoms with Crippen LogP contribution in [0.4, 0.5) is 5.69 Å². The van der Waals surface area contributed by atoms with Crippen LogP contribution in [0, 0.1) is 5.92 Å². The molecule has 1 fully saturated rings. The second kappa shape index (κ2) is 6.55. The van der Waals surface area contributed by atoms with Crippen LogP contribution in [0.3, 0.4) is 0 Å². The van der Waals surface area contributed by atoms with Gasteiger partial charge in [0.05, 0.1) is 5.02 Å². The van der Waals surface area contributed by atoms with Crippen molar-refractivity contribution in [3.05, 3.63) is 28.8 Å². The van der Waals surface area contributed by atoms with E-state index >= 15 is 0 Å². The smallest absolute Gasteiger partial charge is 0.105 e. The molecule has 5 heteroatoms. The zero-order valence-electron chi connectivity index (χ0n) is 11.1. The Balaban J connectivity index is 2.04. The van der Waals surface area contributed by atoms with Crippen LogP contribution in [0.2, 0.25) is 5.02 Å². The summed E-state index contributed by atoms with van der Waals surface area (Å²) >= 11 is 11.2. The molecule has 1 saturated heterocycles. The van der Waals surface area contributed by atoms with Crippen LogP contribution in [0.1, 0.15) is 18.4 Å².